The van der Waals surface area contributed by atoms with Gasteiger partial charge in [-0.05, 0) is 18.3 Å². The smallest absolute Gasteiger partial charge is 0.0339 e. The number of fused-ring (bicyclic) bond motifs is 2. The summed E-state index contributed by atoms with van der Waals surface area (Å²) in [4.78, 5) is 1.38. The van der Waals surface area contributed by atoms with Gasteiger partial charge in [0.05, 0.1) is 0 Å². The lowest BCUT2D eigenvalue weighted by atomic mass is 10.1. The zero-order valence-electron chi connectivity index (χ0n) is 4.93. The molecule has 0 unspecified atom stereocenters. The molecular formula is C7H8Br2. The van der Waals surface area contributed by atoms with Crippen LogP contribution < -0.4 is 0 Å². The molecule has 0 N–H and O–H groups in total. The molecule has 0 spiro atoms. The van der Waals surface area contributed by atoms with Crippen molar-refractivity contribution in [3.05, 3.63) is 12.2 Å². The highest BCUT2D eigenvalue weighted by Gasteiger charge is 2.41. The number of halogens is 2. The quantitative estimate of drug-likeness (QED) is 0.459. The van der Waals surface area contributed by atoms with Crippen LogP contribution in [0, 0.1) is 11.8 Å². The van der Waals surface area contributed by atoms with Crippen molar-refractivity contribution >= 4 is 31.9 Å². The molecule has 9 heavy (non-hydrogen) atoms. The van der Waals surface area contributed by atoms with Crippen molar-refractivity contribution in [2.75, 3.05) is 0 Å². The van der Waals surface area contributed by atoms with Crippen LogP contribution in [0.2, 0.25) is 0 Å². The van der Waals surface area contributed by atoms with Crippen LogP contribution in [0.3, 0.4) is 0 Å². The van der Waals surface area contributed by atoms with Gasteiger partial charge in [-0.3, -0.25) is 0 Å². The first kappa shape index (κ1) is 6.41. The molecule has 2 heteroatoms. The van der Waals surface area contributed by atoms with Crippen LogP contribution in [-0.4, -0.2) is 9.65 Å². The van der Waals surface area contributed by atoms with Gasteiger partial charge in [0.2, 0.25) is 0 Å². The van der Waals surface area contributed by atoms with Crippen LogP contribution in [0.4, 0.5) is 0 Å². The molecule has 0 heterocycles. The van der Waals surface area contributed by atoms with E-state index in [1.165, 1.54) is 6.42 Å². The number of rotatable bonds is 0. The monoisotopic (exact) mass is 250 g/mol. The van der Waals surface area contributed by atoms with Crippen molar-refractivity contribution in [1.82, 2.24) is 0 Å². The highest BCUT2D eigenvalue weighted by molar-refractivity contribution is 9.12. The molecule has 0 radical (unpaired) electrons. The molecule has 2 rings (SSSR count). The van der Waals surface area contributed by atoms with Gasteiger partial charge in [-0.25, -0.2) is 0 Å². The summed E-state index contributed by atoms with van der Waals surface area (Å²) >= 11 is 7.33. The maximum absolute atomic E-state index is 3.66. The third kappa shape index (κ3) is 0.829. The molecule has 0 aliphatic heterocycles. The van der Waals surface area contributed by atoms with Gasteiger partial charge in [-0.15, -0.1) is 0 Å². The van der Waals surface area contributed by atoms with Crippen molar-refractivity contribution in [3.63, 3.8) is 0 Å². The molecular weight excluding hydrogens is 244 g/mol. The number of allylic oxidation sites excluding steroid dienone is 2. The van der Waals surface area contributed by atoms with E-state index in [0.717, 1.165) is 11.8 Å². The summed E-state index contributed by atoms with van der Waals surface area (Å²) in [5.41, 5.74) is 0. The molecule has 1 saturated carbocycles. The van der Waals surface area contributed by atoms with Gasteiger partial charge < -0.3 is 0 Å². The molecule has 50 valence electrons. The first-order valence-electron chi connectivity index (χ1n) is 3.25. The second-order valence-corrected chi connectivity index (χ2v) is 4.95. The second-order valence-electron chi connectivity index (χ2n) is 2.84. The average molecular weight is 252 g/mol. The fraction of sp³-hybridized carbons (Fsp3) is 0.714. The van der Waals surface area contributed by atoms with E-state index in [0.29, 0.717) is 9.65 Å². The van der Waals surface area contributed by atoms with Crippen LogP contribution in [0.5, 0.6) is 0 Å². The lowest BCUT2D eigenvalue weighted by Crippen LogP contribution is -2.18. The van der Waals surface area contributed by atoms with E-state index in [1.54, 1.807) is 0 Å². The van der Waals surface area contributed by atoms with Crippen LogP contribution in [0.15, 0.2) is 12.2 Å². The summed E-state index contributed by atoms with van der Waals surface area (Å²) in [5.74, 6) is 1.61. The van der Waals surface area contributed by atoms with Crippen LogP contribution >= 0.6 is 31.9 Å². The Bertz CT molecular complexity index is 137. The molecule has 0 saturated heterocycles. The predicted molar refractivity (Wildman–Crippen MR) is 46.2 cm³/mol. The van der Waals surface area contributed by atoms with E-state index >= 15 is 0 Å². The van der Waals surface area contributed by atoms with E-state index in [1.807, 2.05) is 0 Å². The maximum atomic E-state index is 3.66. The highest BCUT2D eigenvalue weighted by Crippen LogP contribution is 2.46. The number of hydrogen-bond acceptors (Lipinski definition) is 0. The molecule has 0 nitrogen and oxygen atoms in total. The topological polar surface area (TPSA) is 0 Å². The van der Waals surface area contributed by atoms with Gasteiger partial charge in [0.25, 0.3) is 0 Å². The van der Waals surface area contributed by atoms with Gasteiger partial charge in [0, 0.05) is 9.65 Å². The summed E-state index contributed by atoms with van der Waals surface area (Å²) in [6.07, 6.45) is 6.02. The van der Waals surface area contributed by atoms with Crippen LogP contribution in [0.1, 0.15) is 6.42 Å². The normalized spacial score (nSPS) is 54.9. The summed E-state index contributed by atoms with van der Waals surface area (Å²) in [7, 11) is 0. The summed E-state index contributed by atoms with van der Waals surface area (Å²) < 4.78 is 0. The molecule has 2 aliphatic carbocycles. The molecule has 0 aromatic rings. The SMILES string of the molecule is Br[C@H]1[C@H](Br)[C@H]2C=C[C@H]1C2. The van der Waals surface area contributed by atoms with Crippen molar-refractivity contribution < 1.29 is 0 Å². The first-order chi connectivity index (χ1) is 4.29. The standard InChI is InChI=1S/C7H8Br2/c8-6-4-1-2-5(3-4)7(6)9/h1-2,4-7H,3H2/t4-,5-,6+,7+/m0/s1. The Balaban J connectivity index is 2.26. The van der Waals surface area contributed by atoms with E-state index in [-0.39, 0.29) is 0 Å². The zero-order valence-corrected chi connectivity index (χ0v) is 8.10. The molecule has 0 amide bonds. The zero-order chi connectivity index (χ0) is 6.43. The van der Waals surface area contributed by atoms with Crippen molar-refractivity contribution in [3.8, 4) is 0 Å². The Kier molecular flexibility index (Phi) is 1.49. The molecule has 0 aromatic carbocycles. The predicted octanol–water partition coefficient (Wildman–Crippen LogP) is 2.72. The van der Waals surface area contributed by atoms with Crippen molar-refractivity contribution in [2.24, 2.45) is 11.8 Å². The Labute approximate surface area is 72.0 Å². The van der Waals surface area contributed by atoms with E-state index < -0.39 is 0 Å². The molecule has 2 aliphatic rings. The van der Waals surface area contributed by atoms with Gasteiger partial charge in [-0.2, -0.15) is 0 Å². The van der Waals surface area contributed by atoms with E-state index in [2.05, 4.69) is 44.0 Å². The lowest BCUT2D eigenvalue weighted by Gasteiger charge is -2.16. The number of hydrogen-bond donors (Lipinski definition) is 0. The average Bonchev–Trinajstić information content (AvgIpc) is 2.37. The first-order valence-corrected chi connectivity index (χ1v) is 5.08. The van der Waals surface area contributed by atoms with E-state index in [4.69, 9.17) is 0 Å². The largest absolute Gasteiger partial charge is 0.0872 e. The fourth-order valence-electron chi connectivity index (χ4n) is 1.70. The number of alkyl halides is 2. The van der Waals surface area contributed by atoms with Gasteiger partial charge in [0.15, 0.2) is 0 Å². The van der Waals surface area contributed by atoms with Gasteiger partial charge in [0.1, 0.15) is 0 Å². The molecule has 1 fully saturated rings. The van der Waals surface area contributed by atoms with Gasteiger partial charge in [-0.1, -0.05) is 44.0 Å². The maximum Gasteiger partial charge on any atom is 0.0339 e. The Morgan fingerprint density at radius 2 is 1.44 bits per heavy atom. The molecule has 0 aromatic heterocycles. The minimum Gasteiger partial charge on any atom is -0.0872 e. The van der Waals surface area contributed by atoms with Gasteiger partial charge >= 0.3 is 0 Å². The minimum absolute atomic E-state index is 0.688. The van der Waals surface area contributed by atoms with Crippen LogP contribution in [-0.2, 0) is 0 Å². The summed E-state index contributed by atoms with van der Waals surface area (Å²) in [6.45, 7) is 0. The van der Waals surface area contributed by atoms with Crippen molar-refractivity contribution in [2.45, 2.75) is 16.1 Å². The Morgan fingerprint density at radius 3 is 1.67 bits per heavy atom. The van der Waals surface area contributed by atoms with E-state index in [9.17, 15) is 0 Å². The Hall–Kier alpha value is 0.700. The van der Waals surface area contributed by atoms with Crippen molar-refractivity contribution in [1.29, 1.82) is 0 Å². The van der Waals surface area contributed by atoms with Crippen LogP contribution in [0.25, 0.3) is 0 Å². The Morgan fingerprint density at radius 1 is 1.00 bits per heavy atom. The second kappa shape index (κ2) is 2.09. The summed E-state index contributed by atoms with van der Waals surface area (Å²) in [5, 5.41) is 0. The summed E-state index contributed by atoms with van der Waals surface area (Å²) in [6, 6.07) is 0. The molecule has 4 atom stereocenters. The fourth-order valence-corrected chi connectivity index (χ4v) is 3.27. The minimum atomic E-state index is 0.688. The molecule has 2 bridgehead atoms. The third-order valence-electron chi connectivity index (χ3n) is 2.27. The highest BCUT2D eigenvalue weighted by atomic mass is 79.9. The third-order valence-corrected chi connectivity index (χ3v) is 5.48. The lowest BCUT2D eigenvalue weighted by molar-refractivity contribution is 0.699.